The molecule has 12 heteroatoms. The zero-order valence-corrected chi connectivity index (χ0v) is 19.2. The van der Waals surface area contributed by atoms with E-state index in [1.807, 2.05) is 31.2 Å². The molecule has 0 aliphatic carbocycles. The first-order chi connectivity index (χ1) is 16.0. The molecule has 2 saturated heterocycles. The summed E-state index contributed by atoms with van der Waals surface area (Å²) >= 11 is 0.842. The minimum atomic E-state index is -4.60. The third kappa shape index (κ3) is 6.99. The number of carbonyl (C=O) groups is 4. The smallest absolute Gasteiger partial charge is 0.422 e. The van der Waals surface area contributed by atoms with Gasteiger partial charge in [-0.3, -0.25) is 19.3 Å². The van der Waals surface area contributed by atoms with Crippen LogP contribution >= 0.6 is 11.8 Å². The van der Waals surface area contributed by atoms with Gasteiger partial charge >= 0.3 is 12.3 Å². The van der Waals surface area contributed by atoms with Crippen LogP contribution in [0.25, 0.3) is 6.08 Å². The van der Waals surface area contributed by atoms with Gasteiger partial charge in [0.25, 0.3) is 11.1 Å². The Morgan fingerprint density at radius 1 is 1.18 bits per heavy atom. The van der Waals surface area contributed by atoms with Crippen molar-refractivity contribution in [3.63, 3.8) is 0 Å². The van der Waals surface area contributed by atoms with Crippen LogP contribution < -0.4 is 5.32 Å². The Labute approximate surface area is 198 Å². The number of nitrogens with zero attached hydrogens (tertiary/aromatic N) is 2. The first-order valence-corrected chi connectivity index (χ1v) is 11.4. The number of piperidine rings is 1. The van der Waals surface area contributed by atoms with Crippen molar-refractivity contribution < 1.29 is 37.1 Å². The number of rotatable bonds is 6. The lowest BCUT2D eigenvalue weighted by Gasteiger charge is -2.30. The molecule has 3 rings (SSSR count). The highest BCUT2D eigenvalue weighted by Crippen LogP contribution is 2.32. The zero-order valence-electron chi connectivity index (χ0n) is 18.4. The molecule has 184 valence electrons. The van der Waals surface area contributed by atoms with E-state index in [9.17, 15) is 32.3 Å². The highest BCUT2D eigenvalue weighted by atomic mass is 32.2. The number of hydrogen-bond acceptors (Lipinski definition) is 6. The number of thioether (sulfide) groups is 1. The summed E-state index contributed by atoms with van der Waals surface area (Å²) < 4.78 is 40.7. The average molecular weight is 500 g/mol. The molecule has 4 amide bonds. The van der Waals surface area contributed by atoms with Gasteiger partial charge in [0.15, 0.2) is 6.61 Å². The number of nitrogens with one attached hydrogen (secondary N) is 1. The summed E-state index contributed by atoms with van der Waals surface area (Å²) in [4.78, 5) is 51.4. The molecule has 0 aromatic heterocycles. The van der Waals surface area contributed by atoms with Crippen molar-refractivity contribution in [1.29, 1.82) is 0 Å². The molecule has 1 aromatic rings. The number of likely N-dealkylation sites (tertiary alicyclic amines) is 1. The topological polar surface area (TPSA) is 96.0 Å². The fraction of sp³-hybridized carbons (Fsp3) is 0.455. The Hall–Kier alpha value is -3.02. The lowest BCUT2D eigenvalue weighted by Crippen LogP contribution is -2.45. The Morgan fingerprint density at radius 3 is 2.44 bits per heavy atom. The van der Waals surface area contributed by atoms with Crippen LogP contribution in [0.1, 0.15) is 24.0 Å². The molecule has 8 nitrogen and oxygen atoms in total. The maximum Gasteiger partial charge on any atom is 0.422 e. The fourth-order valence-electron chi connectivity index (χ4n) is 3.50. The Kier molecular flexibility index (Phi) is 8.24. The number of amides is 4. The van der Waals surface area contributed by atoms with Gasteiger partial charge in [0.2, 0.25) is 5.91 Å². The van der Waals surface area contributed by atoms with Crippen molar-refractivity contribution in [3.05, 3.63) is 40.3 Å². The van der Waals surface area contributed by atoms with Crippen LogP contribution in [0.4, 0.5) is 22.8 Å². The van der Waals surface area contributed by atoms with Crippen molar-refractivity contribution in [2.24, 2.45) is 5.92 Å². The second-order valence-corrected chi connectivity index (χ2v) is 8.96. The van der Waals surface area contributed by atoms with Crippen molar-refractivity contribution in [1.82, 2.24) is 15.1 Å². The summed E-state index contributed by atoms with van der Waals surface area (Å²) in [6, 6.07) is 7.51. The highest BCUT2D eigenvalue weighted by Gasteiger charge is 2.35. The maximum absolute atomic E-state index is 12.6. The van der Waals surface area contributed by atoms with Gasteiger partial charge in [-0.2, -0.15) is 13.2 Å². The molecule has 0 spiro atoms. The zero-order chi connectivity index (χ0) is 24.9. The summed E-state index contributed by atoms with van der Waals surface area (Å²) in [6.45, 7) is 0.582. The second kappa shape index (κ2) is 10.9. The predicted octanol–water partition coefficient (Wildman–Crippen LogP) is 3.56. The molecular weight excluding hydrogens is 475 g/mol. The first-order valence-electron chi connectivity index (χ1n) is 10.6. The number of aryl methyl sites for hydroxylation is 1. The Balaban J connectivity index is 1.42. The number of halogens is 3. The van der Waals surface area contributed by atoms with Gasteiger partial charge in [0.05, 0.1) is 4.91 Å². The highest BCUT2D eigenvalue weighted by molar-refractivity contribution is 8.18. The molecule has 2 fully saturated rings. The Morgan fingerprint density at radius 2 is 1.82 bits per heavy atom. The van der Waals surface area contributed by atoms with Crippen LogP contribution in [-0.4, -0.2) is 71.9 Å². The van der Waals surface area contributed by atoms with Crippen LogP contribution in [0, 0.1) is 12.8 Å². The van der Waals surface area contributed by atoms with E-state index in [1.165, 1.54) is 0 Å². The number of imide groups is 1. The third-order valence-electron chi connectivity index (χ3n) is 5.37. The molecule has 34 heavy (non-hydrogen) atoms. The quantitative estimate of drug-likeness (QED) is 0.602. The van der Waals surface area contributed by atoms with E-state index in [1.54, 1.807) is 6.08 Å². The van der Waals surface area contributed by atoms with E-state index in [4.69, 9.17) is 0 Å². The Bertz CT molecular complexity index is 973. The van der Waals surface area contributed by atoms with Crippen molar-refractivity contribution in [2.45, 2.75) is 25.9 Å². The largest absolute Gasteiger partial charge is 0.440 e. The van der Waals surface area contributed by atoms with Crippen molar-refractivity contribution in [2.75, 3.05) is 32.8 Å². The molecule has 0 bridgehead atoms. The van der Waals surface area contributed by atoms with Crippen LogP contribution in [0.3, 0.4) is 0 Å². The molecular formula is C22H24F3N3O5S. The van der Waals surface area contributed by atoms with Gasteiger partial charge in [-0.15, -0.1) is 0 Å². The summed E-state index contributed by atoms with van der Waals surface area (Å²) in [7, 11) is 0. The predicted molar refractivity (Wildman–Crippen MR) is 119 cm³/mol. The van der Waals surface area contributed by atoms with Gasteiger partial charge in [-0.05, 0) is 43.2 Å². The first kappa shape index (κ1) is 25.6. The molecule has 2 aliphatic heterocycles. The van der Waals surface area contributed by atoms with Crippen molar-refractivity contribution >= 4 is 41.0 Å². The van der Waals surface area contributed by atoms with Crippen LogP contribution in [0.2, 0.25) is 0 Å². The summed E-state index contributed by atoms with van der Waals surface area (Å²) in [5.41, 5.74) is 1.88. The fourth-order valence-corrected chi connectivity index (χ4v) is 4.37. The van der Waals surface area contributed by atoms with Crippen LogP contribution in [-0.2, 0) is 14.3 Å². The second-order valence-electron chi connectivity index (χ2n) is 7.97. The monoisotopic (exact) mass is 499 g/mol. The normalized spacial score (nSPS) is 18.5. The molecule has 0 radical (unpaired) electrons. The molecule has 0 unspecified atom stereocenters. The summed E-state index contributed by atoms with van der Waals surface area (Å²) in [5, 5.41) is 2.27. The lowest BCUT2D eigenvalue weighted by atomic mass is 9.96. The van der Waals surface area contributed by atoms with E-state index in [0.29, 0.717) is 4.91 Å². The standard InChI is InChI=1S/C22H24F3N3O5S/c1-14-2-4-15(5-3-14)12-17-19(30)28(21(32)34-17)11-8-26-18(29)16-6-9-27(10-7-16)20(31)33-13-22(23,24)25/h2-5,12,16H,6-11,13H2,1H3,(H,26,29). The maximum atomic E-state index is 12.6. The van der Waals surface area contributed by atoms with Gasteiger partial charge in [-0.25, -0.2) is 4.79 Å². The molecule has 2 aliphatic rings. The van der Waals surface area contributed by atoms with Crippen LogP contribution in [0.5, 0.6) is 0 Å². The van der Waals surface area contributed by atoms with Gasteiger partial charge in [0.1, 0.15) is 0 Å². The number of benzene rings is 1. The molecule has 1 N–H and O–H groups in total. The third-order valence-corrected chi connectivity index (χ3v) is 6.27. The van der Waals surface area contributed by atoms with E-state index in [2.05, 4.69) is 10.1 Å². The van der Waals surface area contributed by atoms with E-state index < -0.39 is 35.9 Å². The van der Waals surface area contributed by atoms with Crippen LogP contribution in [0.15, 0.2) is 29.2 Å². The minimum Gasteiger partial charge on any atom is -0.440 e. The number of carbonyl (C=O) groups excluding carboxylic acids is 4. The number of alkyl halides is 3. The molecule has 2 heterocycles. The lowest BCUT2D eigenvalue weighted by molar-refractivity contribution is -0.162. The number of ether oxygens (including phenoxy) is 1. The van der Waals surface area contributed by atoms with E-state index >= 15 is 0 Å². The van der Waals surface area contributed by atoms with Crippen molar-refractivity contribution in [3.8, 4) is 0 Å². The van der Waals surface area contributed by atoms with E-state index in [0.717, 1.165) is 32.7 Å². The average Bonchev–Trinajstić information content (AvgIpc) is 3.05. The van der Waals surface area contributed by atoms with Gasteiger partial charge < -0.3 is 15.0 Å². The summed E-state index contributed by atoms with van der Waals surface area (Å²) in [6.07, 6.45) is -3.46. The van der Waals surface area contributed by atoms with Gasteiger partial charge in [-0.1, -0.05) is 29.8 Å². The SMILES string of the molecule is Cc1ccc(C=C2SC(=O)N(CCNC(=O)C3CCN(C(=O)OCC(F)(F)F)CC3)C2=O)cc1. The minimum absolute atomic E-state index is 0.0181. The molecule has 0 atom stereocenters. The number of hydrogen-bond donors (Lipinski definition) is 1. The molecule has 0 saturated carbocycles. The molecule has 1 aromatic carbocycles. The van der Waals surface area contributed by atoms with E-state index in [-0.39, 0.29) is 44.9 Å². The summed E-state index contributed by atoms with van der Waals surface area (Å²) in [5.74, 6) is -1.15. The van der Waals surface area contributed by atoms with Gasteiger partial charge in [0, 0.05) is 32.1 Å².